The molecule has 0 heterocycles. The molecule has 0 radical (unpaired) electrons. The fourth-order valence-electron chi connectivity index (χ4n) is 4.26. The Kier molecular flexibility index (Phi) is 5.19. The average Bonchev–Trinajstić information content (AvgIpc) is 2.97. The summed E-state index contributed by atoms with van der Waals surface area (Å²) in [5.74, 6) is 3.37. The number of hydrogen-bond acceptors (Lipinski definition) is 0. The fraction of sp³-hybridized carbons (Fsp3) is 1.00. The van der Waals surface area contributed by atoms with Crippen LogP contribution in [0.5, 0.6) is 0 Å². The monoisotopic (exact) mass is 222 g/mol. The summed E-state index contributed by atoms with van der Waals surface area (Å²) in [4.78, 5) is 0. The highest BCUT2D eigenvalue weighted by Crippen LogP contribution is 2.43. The van der Waals surface area contributed by atoms with E-state index in [1.807, 2.05) is 0 Å². The highest BCUT2D eigenvalue weighted by atomic mass is 14.4. The number of hydrogen-bond donors (Lipinski definition) is 0. The molecular weight excluding hydrogens is 192 g/mol. The van der Waals surface area contributed by atoms with Gasteiger partial charge in [0.15, 0.2) is 0 Å². The van der Waals surface area contributed by atoms with Gasteiger partial charge in [-0.15, -0.1) is 0 Å². The van der Waals surface area contributed by atoms with E-state index in [1.54, 1.807) is 32.1 Å². The molecule has 0 aliphatic heterocycles. The van der Waals surface area contributed by atoms with Crippen molar-refractivity contribution in [3.63, 3.8) is 0 Å². The van der Waals surface area contributed by atoms with E-state index < -0.39 is 0 Å². The van der Waals surface area contributed by atoms with Crippen molar-refractivity contribution >= 4 is 0 Å². The van der Waals surface area contributed by atoms with Gasteiger partial charge in [-0.1, -0.05) is 77.6 Å². The molecule has 0 aromatic carbocycles. The first kappa shape index (κ1) is 12.5. The molecule has 0 aromatic heterocycles. The third-order valence-corrected chi connectivity index (χ3v) is 5.15. The summed E-state index contributed by atoms with van der Waals surface area (Å²) in [5, 5.41) is 0. The van der Waals surface area contributed by atoms with Gasteiger partial charge in [0.2, 0.25) is 0 Å². The molecule has 0 spiro atoms. The quantitative estimate of drug-likeness (QED) is 0.516. The third-order valence-electron chi connectivity index (χ3n) is 5.15. The molecule has 2 rings (SSSR count). The van der Waals surface area contributed by atoms with E-state index in [2.05, 4.69) is 6.92 Å². The second kappa shape index (κ2) is 6.67. The molecule has 2 fully saturated rings. The SMILES string of the molecule is CCCCCC(C1CCCC1)C1CCCC1. The maximum absolute atomic E-state index is 2.33. The molecule has 0 saturated heterocycles. The van der Waals surface area contributed by atoms with Crippen molar-refractivity contribution in [1.29, 1.82) is 0 Å². The van der Waals surface area contributed by atoms with E-state index in [1.165, 1.54) is 44.9 Å². The van der Waals surface area contributed by atoms with Crippen molar-refractivity contribution in [2.45, 2.75) is 84.0 Å². The molecule has 94 valence electrons. The molecular formula is C16H30. The van der Waals surface area contributed by atoms with Crippen LogP contribution in [0.1, 0.15) is 84.0 Å². The Bertz CT molecular complexity index is 156. The molecule has 0 atom stereocenters. The summed E-state index contributed by atoms with van der Waals surface area (Å²) >= 11 is 0. The van der Waals surface area contributed by atoms with Gasteiger partial charge in [0.25, 0.3) is 0 Å². The third kappa shape index (κ3) is 3.25. The van der Waals surface area contributed by atoms with Crippen LogP contribution < -0.4 is 0 Å². The van der Waals surface area contributed by atoms with E-state index >= 15 is 0 Å². The Morgan fingerprint density at radius 2 is 1.31 bits per heavy atom. The highest BCUT2D eigenvalue weighted by Gasteiger charge is 2.32. The van der Waals surface area contributed by atoms with Crippen molar-refractivity contribution in [1.82, 2.24) is 0 Å². The lowest BCUT2D eigenvalue weighted by atomic mass is 9.76. The molecule has 2 aliphatic rings. The summed E-state index contributed by atoms with van der Waals surface area (Å²) in [6, 6.07) is 0. The van der Waals surface area contributed by atoms with Crippen LogP contribution in [-0.2, 0) is 0 Å². The number of rotatable bonds is 6. The Morgan fingerprint density at radius 1 is 0.812 bits per heavy atom. The first-order chi connectivity index (χ1) is 7.92. The maximum Gasteiger partial charge on any atom is -0.0357 e. The van der Waals surface area contributed by atoms with E-state index in [0.29, 0.717) is 0 Å². The molecule has 0 N–H and O–H groups in total. The average molecular weight is 222 g/mol. The zero-order chi connectivity index (χ0) is 11.2. The molecule has 0 bridgehead atoms. The van der Waals surface area contributed by atoms with Gasteiger partial charge in [0, 0.05) is 0 Å². The van der Waals surface area contributed by atoms with Crippen molar-refractivity contribution in [2.24, 2.45) is 17.8 Å². The summed E-state index contributed by atoms with van der Waals surface area (Å²) in [6.45, 7) is 2.33. The van der Waals surface area contributed by atoms with Crippen LogP contribution in [0.15, 0.2) is 0 Å². The minimum atomic E-state index is 1.12. The van der Waals surface area contributed by atoms with Crippen LogP contribution >= 0.6 is 0 Å². The molecule has 2 aliphatic carbocycles. The van der Waals surface area contributed by atoms with Gasteiger partial charge >= 0.3 is 0 Å². The molecule has 0 amide bonds. The minimum Gasteiger partial charge on any atom is -0.0654 e. The lowest BCUT2D eigenvalue weighted by molar-refractivity contribution is 0.210. The zero-order valence-electron chi connectivity index (χ0n) is 11.2. The van der Waals surface area contributed by atoms with Crippen LogP contribution in [0.2, 0.25) is 0 Å². The normalized spacial score (nSPS) is 23.6. The van der Waals surface area contributed by atoms with Crippen molar-refractivity contribution in [2.75, 3.05) is 0 Å². The lowest BCUT2D eigenvalue weighted by Crippen LogP contribution is -2.20. The summed E-state index contributed by atoms with van der Waals surface area (Å²) in [7, 11) is 0. The molecule has 16 heavy (non-hydrogen) atoms. The predicted octanol–water partition coefficient (Wildman–Crippen LogP) is 5.56. The zero-order valence-corrected chi connectivity index (χ0v) is 11.2. The van der Waals surface area contributed by atoms with Crippen molar-refractivity contribution < 1.29 is 0 Å². The van der Waals surface area contributed by atoms with Crippen molar-refractivity contribution in [3.05, 3.63) is 0 Å². The van der Waals surface area contributed by atoms with Gasteiger partial charge in [0.05, 0.1) is 0 Å². The minimum absolute atomic E-state index is 1.12. The van der Waals surface area contributed by atoms with Gasteiger partial charge in [-0.3, -0.25) is 0 Å². The van der Waals surface area contributed by atoms with Crippen LogP contribution in [0.3, 0.4) is 0 Å². The predicted molar refractivity (Wildman–Crippen MR) is 71.5 cm³/mol. The second-order valence-electron chi connectivity index (χ2n) is 6.25. The molecule has 2 saturated carbocycles. The first-order valence-electron chi connectivity index (χ1n) is 7.92. The van der Waals surface area contributed by atoms with E-state index in [4.69, 9.17) is 0 Å². The van der Waals surface area contributed by atoms with Crippen LogP contribution in [0, 0.1) is 17.8 Å². The molecule has 0 nitrogen and oxygen atoms in total. The van der Waals surface area contributed by atoms with E-state index in [9.17, 15) is 0 Å². The number of unbranched alkanes of at least 4 members (excludes halogenated alkanes) is 2. The first-order valence-corrected chi connectivity index (χ1v) is 7.92. The topological polar surface area (TPSA) is 0 Å². The highest BCUT2D eigenvalue weighted by molar-refractivity contribution is 4.83. The van der Waals surface area contributed by atoms with E-state index in [-0.39, 0.29) is 0 Å². The second-order valence-corrected chi connectivity index (χ2v) is 6.25. The lowest BCUT2D eigenvalue weighted by Gasteiger charge is -2.29. The van der Waals surface area contributed by atoms with Gasteiger partial charge in [-0.2, -0.15) is 0 Å². The Morgan fingerprint density at radius 3 is 1.75 bits per heavy atom. The van der Waals surface area contributed by atoms with Crippen LogP contribution in [0.4, 0.5) is 0 Å². The van der Waals surface area contributed by atoms with Crippen LogP contribution in [-0.4, -0.2) is 0 Å². The Labute approximate surface area is 102 Å². The smallest absolute Gasteiger partial charge is 0.0357 e. The molecule has 0 unspecified atom stereocenters. The van der Waals surface area contributed by atoms with Gasteiger partial charge in [-0.05, 0) is 24.2 Å². The molecule has 0 aromatic rings. The van der Waals surface area contributed by atoms with Crippen molar-refractivity contribution in [3.8, 4) is 0 Å². The Balaban J connectivity index is 1.83. The fourth-order valence-corrected chi connectivity index (χ4v) is 4.26. The van der Waals surface area contributed by atoms with Gasteiger partial charge < -0.3 is 0 Å². The molecule has 0 heteroatoms. The standard InChI is InChI=1S/C16H30/c1-2-3-4-13-16(14-9-5-6-10-14)15-11-7-8-12-15/h14-16H,2-13H2,1H3. The van der Waals surface area contributed by atoms with E-state index in [0.717, 1.165) is 17.8 Å². The maximum atomic E-state index is 2.33. The Hall–Kier alpha value is 0. The largest absolute Gasteiger partial charge is 0.0654 e. The summed E-state index contributed by atoms with van der Waals surface area (Å²) in [5.41, 5.74) is 0. The van der Waals surface area contributed by atoms with Crippen LogP contribution in [0.25, 0.3) is 0 Å². The summed E-state index contributed by atoms with van der Waals surface area (Å²) in [6.07, 6.45) is 18.3. The van der Waals surface area contributed by atoms with Gasteiger partial charge in [0.1, 0.15) is 0 Å². The summed E-state index contributed by atoms with van der Waals surface area (Å²) < 4.78 is 0. The van der Waals surface area contributed by atoms with Gasteiger partial charge in [-0.25, -0.2) is 0 Å².